The molecule has 0 bridgehead atoms. The molecule has 1 aliphatic heterocycles. The molecule has 20 heavy (non-hydrogen) atoms. The number of piperidine rings is 1. The predicted molar refractivity (Wildman–Crippen MR) is 81.4 cm³/mol. The van der Waals surface area contributed by atoms with Crippen LogP contribution in [0.3, 0.4) is 0 Å². The third kappa shape index (κ3) is 4.37. The van der Waals surface area contributed by atoms with Gasteiger partial charge in [-0.15, -0.1) is 0 Å². The van der Waals surface area contributed by atoms with Gasteiger partial charge in [0.15, 0.2) is 0 Å². The van der Waals surface area contributed by atoms with Crippen molar-refractivity contribution in [3.63, 3.8) is 0 Å². The molecule has 2 rings (SSSR count). The summed E-state index contributed by atoms with van der Waals surface area (Å²) in [6.45, 7) is 1.77. The first-order valence-electron chi connectivity index (χ1n) is 6.96. The van der Waals surface area contributed by atoms with Gasteiger partial charge >= 0.3 is 5.97 Å². The van der Waals surface area contributed by atoms with Crippen LogP contribution in [0.2, 0.25) is 10.0 Å². The molecule has 0 aliphatic carbocycles. The summed E-state index contributed by atoms with van der Waals surface area (Å²) in [5, 5.41) is 10.2. The summed E-state index contributed by atoms with van der Waals surface area (Å²) in [5.41, 5.74) is 1.05. The molecule has 1 atom stereocenters. The number of hydrogen-bond acceptors (Lipinski definition) is 2. The molecular formula is C15H19Cl2NO2. The highest BCUT2D eigenvalue weighted by molar-refractivity contribution is 6.35. The van der Waals surface area contributed by atoms with E-state index in [2.05, 4.69) is 4.90 Å². The Kier molecular flexibility index (Phi) is 5.70. The lowest BCUT2D eigenvalue weighted by Crippen LogP contribution is -2.39. The van der Waals surface area contributed by atoms with Crippen molar-refractivity contribution < 1.29 is 9.90 Å². The molecule has 1 aromatic rings. The van der Waals surface area contributed by atoms with Crippen LogP contribution in [-0.4, -0.2) is 28.6 Å². The van der Waals surface area contributed by atoms with Crippen LogP contribution in [0.1, 0.15) is 37.7 Å². The van der Waals surface area contributed by atoms with Crippen molar-refractivity contribution in [1.29, 1.82) is 0 Å². The number of hydrogen-bond donors (Lipinski definition) is 1. The standard InChI is InChI=1S/C15H19Cl2NO2/c16-12-5-4-11(14(17)9-12)10-18-8-2-1-3-13(18)6-7-15(19)20/h4-5,9,13H,1-3,6-8,10H2,(H,19,20). The number of benzene rings is 1. The van der Waals surface area contributed by atoms with Crippen molar-refractivity contribution in [2.45, 2.75) is 44.7 Å². The summed E-state index contributed by atoms with van der Waals surface area (Å²) >= 11 is 12.1. The average Bonchev–Trinajstić information content (AvgIpc) is 2.41. The number of carboxylic acid groups (broad SMARTS) is 1. The van der Waals surface area contributed by atoms with Gasteiger partial charge in [0.25, 0.3) is 0 Å². The van der Waals surface area contributed by atoms with Crippen molar-refractivity contribution in [3.05, 3.63) is 33.8 Å². The van der Waals surface area contributed by atoms with Crippen LogP contribution >= 0.6 is 23.2 Å². The van der Waals surface area contributed by atoms with Gasteiger partial charge in [0, 0.05) is 29.1 Å². The van der Waals surface area contributed by atoms with E-state index in [1.165, 1.54) is 6.42 Å². The third-order valence-corrected chi connectivity index (χ3v) is 4.42. The fraction of sp³-hybridized carbons (Fsp3) is 0.533. The largest absolute Gasteiger partial charge is 0.481 e. The molecule has 1 unspecified atom stereocenters. The highest BCUT2D eigenvalue weighted by atomic mass is 35.5. The zero-order chi connectivity index (χ0) is 14.5. The van der Waals surface area contributed by atoms with Gasteiger partial charge in [-0.25, -0.2) is 0 Å². The third-order valence-electron chi connectivity index (χ3n) is 3.83. The molecule has 0 spiro atoms. The van der Waals surface area contributed by atoms with Crippen molar-refractivity contribution in [1.82, 2.24) is 4.90 Å². The van der Waals surface area contributed by atoms with Crippen LogP contribution in [0.15, 0.2) is 18.2 Å². The molecule has 1 aromatic carbocycles. The van der Waals surface area contributed by atoms with E-state index in [1.807, 2.05) is 12.1 Å². The number of likely N-dealkylation sites (tertiary alicyclic amines) is 1. The highest BCUT2D eigenvalue weighted by Gasteiger charge is 2.23. The molecule has 1 fully saturated rings. The number of rotatable bonds is 5. The van der Waals surface area contributed by atoms with Gasteiger partial charge in [0.05, 0.1) is 0 Å². The molecule has 0 saturated carbocycles. The van der Waals surface area contributed by atoms with Crippen LogP contribution in [-0.2, 0) is 11.3 Å². The SMILES string of the molecule is O=C(O)CCC1CCCCN1Cc1ccc(Cl)cc1Cl. The number of aliphatic carboxylic acids is 1. The minimum Gasteiger partial charge on any atom is -0.481 e. The Morgan fingerprint density at radius 3 is 2.85 bits per heavy atom. The van der Waals surface area contributed by atoms with Crippen LogP contribution in [0.25, 0.3) is 0 Å². The van der Waals surface area contributed by atoms with Gasteiger partial charge in [0.1, 0.15) is 0 Å². The maximum atomic E-state index is 10.7. The summed E-state index contributed by atoms with van der Waals surface area (Å²) in [4.78, 5) is 13.1. The molecular weight excluding hydrogens is 297 g/mol. The first-order chi connectivity index (χ1) is 9.56. The van der Waals surface area contributed by atoms with Crippen molar-refractivity contribution in [2.24, 2.45) is 0 Å². The summed E-state index contributed by atoms with van der Waals surface area (Å²) < 4.78 is 0. The molecule has 110 valence electrons. The van der Waals surface area contributed by atoms with E-state index in [9.17, 15) is 4.79 Å². The first-order valence-corrected chi connectivity index (χ1v) is 7.71. The Bertz CT molecular complexity index is 479. The fourth-order valence-corrected chi connectivity index (χ4v) is 3.22. The van der Waals surface area contributed by atoms with Crippen LogP contribution in [0.5, 0.6) is 0 Å². The van der Waals surface area contributed by atoms with Gasteiger partial charge in [-0.05, 0) is 43.5 Å². The Morgan fingerprint density at radius 1 is 1.35 bits per heavy atom. The predicted octanol–water partition coefficient (Wildman–Crippen LogP) is 4.21. The van der Waals surface area contributed by atoms with Crippen LogP contribution < -0.4 is 0 Å². The molecule has 1 heterocycles. The van der Waals surface area contributed by atoms with E-state index in [4.69, 9.17) is 28.3 Å². The average molecular weight is 316 g/mol. The summed E-state index contributed by atoms with van der Waals surface area (Å²) in [7, 11) is 0. The maximum absolute atomic E-state index is 10.7. The molecule has 5 heteroatoms. The Labute approximate surface area is 129 Å². The van der Waals surface area contributed by atoms with Crippen molar-refractivity contribution >= 4 is 29.2 Å². The minimum atomic E-state index is -0.722. The van der Waals surface area contributed by atoms with Gasteiger partial charge in [0.2, 0.25) is 0 Å². The van der Waals surface area contributed by atoms with Crippen LogP contribution in [0, 0.1) is 0 Å². The second-order valence-electron chi connectivity index (χ2n) is 5.29. The molecule has 1 aliphatic rings. The van der Waals surface area contributed by atoms with E-state index in [0.29, 0.717) is 22.5 Å². The number of nitrogens with zero attached hydrogens (tertiary/aromatic N) is 1. The Hall–Kier alpha value is -0.770. The van der Waals surface area contributed by atoms with Gasteiger partial charge in [-0.1, -0.05) is 35.7 Å². The highest BCUT2D eigenvalue weighted by Crippen LogP contribution is 2.27. The lowest BCUT2D eigenvalue weighted by Gasteiger charge is -2.35. The van der Waals surface area contributed by atoms with E-state index in [1.54, 1.807) is 6.07 Å². The maximum Gasteiger partial charge on any atom is 0.303 e. The summed E-state index contributed by atoms with van der Waals surface area (Å²) in [6, 6.07) is 5.90. The number of halogens is 2. The van der Waals surface area contributed by atoms with Crippen LogP contribution in [0.4, 0.5) is 0 Å². The smallest absolute Gasteiger partial charge is 0.303 e. The molecule has 1 saturated heterocycles. The Morgan fingerprint density at radius 2 is 2.15 bits per heavy atom. The lowest BCUT2D eigenvalue weighted by atomic mass is 9.97. The monoisotopic (exact) mass is 315 g/mol. The number of carbonyl (C=O) groups is 1. The zero-order valence-electron chi connectivity index (χ0n) is 11.3. The second kappa shape index (κ2) is 7.30. The van der Waals surface area contributed by atoms with Gasteiger partial charge in [-0.3, -0.25) is 9.69 Å². The van der Waals surface area contributed by atoms with Crippen molar-refractivity contribution in [2.75, 3.05) is 6.54 Å². The topological polar surface area (TPSA) is 40.5 Å². The van der Waals surface area contributed by atoms with Crippen molar-refractivity contribution in [3.8, 4) is 0 Å². The molecule has 0 aromatic heterocycles. The van der Waals surface area contributed by atoms with Gasteiger partial charge < -0.3 is 5.11 Å². The van der Waals surface area contributed by atoms with E-state index in [0.717, 1.165) is 31.5 Å². The molecule has 1 N–H and O–H groups in total. The number of carboxylic acids is 1. The molecule has 3 nitrogen and oxygen atoms in total. The first kappa shape index (κ1) is 15.6. The van der Waals surface area contributed by atoms with E-state index < -0.39 is 5.97 Å². The molecule has 0 amide bonds. The second-order valence-corrected chi connectivity index (χ2v) is 6.13. The fourth-order valence-electron chi connectivity index (χ4n) is 2.75. The summed E-state index contributed by atoms with van der Waals surface area (Å²) in [5.74, 6) is -0.722. The lowest BCUT2D eigenvalue weighted by molar-refractivity contribution is -0.137. The minimum absolute atomic E-state index is 0.232. The quantitative estimate of drug-likeness (QED) is 0.884. The van der Waals surface area contributed by atoms with E-state index in [-0.39, 0.29) is 6.42 Å². The molecule has 0 radical (unpaired) electrons. The summed E-state index contributed by atoms with van der Waals surface area (Å²) in [6.07, 6.45) is 4.35. The van der Waals surface area contributed by atoms with E-state index >= 15 is 0 Å². The zero-order valence-corrected chi connectivity index (χ0v) is 12.8. The Balaban J connectivity index is 2.02. The van der Waals surface area contributed by atoms with Gasteiger partial charge in [-0.2, -0.15) is 0 Å². The normalized spacial score (nSPS) is 20.0.